The summed E-state index contributed by atoms with van der Waals surface area (Å²) in [5.74, 6) is -1.65. The molecule has 100 valence electrons. The van der Waals surface area contributed by atoms with Gasteiger partial charge in [0.1, 0.15) is 0 Å². The van der Waals surface area contributed by atoms with Gasteiger partial charge in [-0.15, -0.1) is 0 Å². The molecule has 0 aromatic rings. The Hall–Kier alpha value is -1.06. The number of carbonyl (C=O) groups is 2. The van der Waals surface area contributed by atoms with E-state index in [0.29, 0.717) is 6.61 Å². The molecule has 0 fully saturated rings. The van der Waals surface area contributed by atoms with Crippen molar-refractivity contribution in [3.05, 3.63) is 0 Å². The smallest absolute Gasteiger partial charge is 0.306 e. The molecule has 0 saturated heterocycles. The molecule has 0 heterocycles. The summed E-state index contributed by atoms with van der Waals surface area (Å²) < 4.78 is 4.89. The van der Waals surface area contributed by atoms with Crippen molar-refractivity contribution in [2.75, 3.05) is 6.61 Å². The van der Waals surface area contributed by atoms with Gasteiger partial charge in [0, 0.05) is 5.97 Å². The largest absolute Gasteiger partial charge is 0.550 e. The molecule has 0 aromatic carbocycles. The number of aliphatic carboxylic acids is 1. The molecular formula is C13H23O4-. The van der Waals surface area contributed by atoms with E-state index in [-0.39, 0.29) is 12.8 Å². The first-order valence-corrected chi connectivity index (χ1v) is 6.52. The van der Waals surface area contributed by atoms with Crippen LogP contribution in [0.3, 0.4) is 0 Å². The minimum atomic E-state index is -1.21. The Bertz CT molecular complexity index is 213. The molecule has 0 aliphatic heterocycles. The summed E-state index contributed by atoms with van der Waals surface area (Å²) in [7, 11) is 0. The molecule has 0 aromatic heterocycles. The summed E-state index contributed by atoms with van der Waals surface area (Å²) in [4.78, 5) is 21.1. The van der Waals surface area contributed by atoms with E-state index in [1.54, 1.807) is 0 Å². The van der Waals surface area contributed by atoms with E-state index in [1.165, 1.54) is 32.1 Å². The molecular weight excluding hydrogens is 220 g/mol. The van der Waals surface area contributed by atoms with Gasteiger partial charge in [-0.05, 0) is 12.8 Å². The molecule has 4 nitrogen and oxygen atoms in total. The van der Waals surface area contributed by atoms with Crippen LogP contribution in [0.15, 0.2) is 0 Å². The van der Waals surface area contributed by atoms with Crippen LogP contribution in [0.2, 0.25) is 0 Å². The Balaban J connectivity index is 3.16. The van der Waals surface area contributed by atoms with Crippen molar-refractivity contribution in [3.63, 3.8) is 0 Å². The highest BCUT2D eigenvalue weighted by Crippen LogP contribution is 2.07. The summed E-state index contributed by atoms with van der Waals surface area (Å²) in [5.41, 5.74) is 0. The molecule has 0 atom stereocenters. The van der Waals surface area contributed by atoms with Gasteiger partial charge in [-0.3, -0.25) is 4.79 Å². The van der Waals surface area contributed by atoms with Gasteiger partial charge in [-0.25, -0.2) is 0 Å². The number of carbonyl (C=O) groups excluding carboxylic acids is 2. The minimum Gasteiger partial charge on any atom is -0.550 e. The number of unbranched alkanes of at least 4 members (excludes halogenated alkanes) is 6. The Morgan fingerprint density at radius 3 is 2.12 bits per heavy atom. The summed E-state index contributed by atoms with van der Waals surface area (Å²) in [6, 6.07) is 0. The average Bonchev–Trinajstić information content (AvgIpc) is 2.30. The van der Waals surface area contributed by atoms with Gasteiger partial charge in [0.2, 0.25) is 0 Å². The Morgan fingerprint density at radius 2 is 1.53 bits per heavy atom. The van der Waals surface area contributed by atoms with Crippen LogP contribution in [0.4, 0.5) is 0 Å². The van der Waals surface area contributed by atoms with Crippen LogP contribution in [-0.2, 0) is 14.3 Å². The van der Waals surface area contributed by atoms with E-state index >= 15 is 0 Å². The predicted molar refractivity (Wildman–Crippen MR) is 63.2 cm³/mol. The molecule has 0 radical (unpaired) electrons. The van der Waals surface area contributed by atoms with Crippen molar-refractivity contribution >= 4 is 11.9 Å². The fraction of sp³-hybridized carbons (Fsp3) is 0.846. The average molecular weight is 243 g/mol. The molecule has 0 spiro atoms. The first-order chi connectivity index (χ1) is 8.16. The normalized spacial score (nSPS) is 10.2. The number of hydrogen-bond donors (Lipinski definition) is 0. The standard InChI is InChI=1S/C13H24O4/c1-2-3-4-5-6-7-8-11-17-13(16)10-9-12(14)15/h2-11H2,1H3,(H,14,15)/p-1. The lowest BCUT2D eigenvalue weighted by Gasteiger charge is -2.05. The highest BCUT2D eigenvalue weighted by atomic mass is 16.5. The highest BCUT2D eigenvalue weighted by molar-refractivity contribution is 5.75. The van der Waals surface area contributed by atoms with Crippen LogP contribution >= 0.6 is 0 Å². The SMILES string of the molecule is CCCCCCCCCOC(=O)CCC(=O)[O-]. The number of esters is 1. The van der Waals surface area contributed by atoms with Crippen LogP contribution in [0.1, 0.15) is 64.7 Å². The van der Waals surface area contributed by atoms with Crippen LogP contribution in [-0.4, -0.2) is 18.5 Å². The van der Waals surface area contributed by atoms with Gasteiger partial charge >= 0.3 is 5.97 Å². The molecule has 0 saturated carbocycles. The van der Waals surface area contributed by atoms with Gasteiger partial charge in [-0.2, -0.15) is 0 Å². The Labute approximate surface area is 103 Å². The molecule has 0 amide bonds. The number of carboxylic acids is 1. The first kappa shape index (κ1) is 15.9. The summed E-state index contributed by atoms with van der Waals surface area (Å²) in [6.45, 7) is 2.59. The molecule has 0 N–H and O–H groups in total. The third kappa shape index (κ3) is 12.9. The van der Waals surface area contributed by atoms with Gasteiger partial charge in [0.25, 0.3) is 0 Å². The Kier molecular flexibility index (Phi) is 10.7. The fourth-order valence-electron chi connectivity index (χ4n) is 1.52. The second-order valence-electron chi connectivity index (χ2n) is 4.21. The third-order valence-corrected chi connectivity index (χ3v) is 2.54. The lowest BCUT2D eigenvalue weighted by atomic mass is 10.1. The van der Waals surface area contributed by atoms with Crippen molar-refractivity contribution in [1.29, 1.82) is 0 Å². The number of rotatable bonds is 11. The van der Waals surface area contributed by atoms with Crippen LogP contribution in [0.5, 0.6) is 0 Å². The molecule has 0 bridgehead atoms. The lowest BCUT2D eigenvalue weighted by Crippen LogP contribution is -2.23. The fourth-order valence-corrected chi connectivity index (χ4v) is 1.52. The molecule has 0 aliphatic carbocycles. The molecule has 0 unspecified atom stereocenters. The second kappa shape index (κ2) is 11.4. The number of hydrogen-bond acceptors (Lipinski definition) is 4. The van der Waals surface area contributed by atoms with Crippen molar-refractivity contribution in [2.45, 2.75) is 64.7 Å². The Morgan fingerprint density at radius 1 is 0.941 bits per heavy atom. The quantitative estimate of drug-likeness (QED) is 0.410. The summed E-state index contributed by atoms with van der Waals surface area (Å²) in [5, 5.41) is 10.1. The molecule has 4 heteroatoms. The summed E-state index contributed by atoms with van der Waals surface area (Å²) in [6.07, 6.45) is 7.83. The van der Waals surface area contributed by atoms with Crippen molar-refractivity contribution in [2.24, 2.45) is 0 Å². The van der Waals surface area contributed by atoms with Crippen molar-refractivity contribution in [3.8, 4) is 0 Å². The van der Waals surface area contributed by atoms with Crippen molar-refractivity contribution in [1.82, 2.24) is 0 Å². The van der Waals surface area contributed by atoms with Gasteiger partial charge in [0.05, 0.1) is 13.0 Å². The topological polar surface area (TPSA) is 66.4 Å². The van der Waals surface area contributed by atoms with E-state index < -0.39 is 11.9 Å². The lowest BCUT2D eigenvalue weighted by molar-refractivity contribution is -0.305. The first-order valence-electron chi connectivity index (χ1n) is 6.52. The maximum absolute atomic E-state index is 11.0. The summed E-state index contributed by atoms with van der Waals surface area (Å²) >= 11 is 0. The minimum absolute atomic E-state index is 0.0845. The van der Waals surface area contributed by atoms with Crippen LogP contribution in [0, 0.1) is 0 Å². The zero-order valence-corrected chi connectivity index (χ0v) is 10.7. The second-order valence-corrected chi connectivity index (χ2v) is 4.21. The van der Waals surface area contributed by atoms with E-state index in [9.17, 15) is 14.7 Å². The number of carboxylic acid groups (broad SMARTS) is 1. The van der Waals surface area contributed by atoms with Crippen LogP contribution in [0.25, 0.3) is 0 Å². The van der Waals surface area contributed by atoms with E-state index in [1.807, 2.05) is 0 Å². The monoisotopic (exact) mass is 243 g/mol. The van der Waals surface area contributed by atoms with E-state index in [0.717, 1.165) is 12.8 Å². The van der Waals surface area contributed by atoms with E-state index in [4.69, 9.17) is 4.74 Å². The zero-order chi connectivity index (χ0) is 12.9. The zero-order valence-electron chi connectivity index (χ0n) is 10.7. The van der Waals surface area contributed by atoms with Gasteiger partial charge in [0.15, 0.2) is 0 Å². The van der Waals surface area contributed by atoms with Gasteiger partial charge in [-0.1, -0.05) is 45.4 Å². The maximum atomic E-state index is 11.0. The van der Waals surface area contributed by atoms with Gasteiger partial charge < -0.3 is 14.6 Å². The highest BCUT2D eigenvalue weighted by Gasteiger charge is 2.02. The molecule has 0 aliphatic rings. The molecule has 0 rings (SSSR count). The van der Waals surface area contributed by atoms with E-state index in [2.05, 4.69) is 6.92 Å². The van der Waals surface area contributed by atoms with Crippen molar-refractivity contribution < 1.29 is 19.4 Å². The molecule has 17 heavy (non-hydrogen) atoms. The third-order valence-electron chi connectivity index (χ3n) is 2.54. The predicted octanol–water partition coefficient (Wildman–Crippen LogP) is 1.81. The number of ether oxygens (including phenoxy) is 1. The maximum Gasteiger partial charge on any atom is 0.306 e. The van der Waals surface area contributed by atoms with Crippen LogP contribution < -0.4 is 5.11 Å².